The molecule has 3 rings (SSSR count). The Kier molecular flexibility index (Phi) is 5.03. The van der Waals surface area contributed by atoms with Crippen molar-refractivity contribution in [2.24, 2.45) is 7.05 Å². The molecule has 0 radical (unpaired) electrons. The monoisotopic (exact) mass is 377 g/mol. The van der Waals surface area contributed by atoms with Crippen molar-refractivity contribution in [1.82, 2.24) is 9.78 Å². The second-order valence-electron chi connectivity index (χ2n) is 5.70. The lowest BCUT2D eigenvalue weighted by atomic mass is 10.1. The summed E-state index contributed by atoms with van der Waals surface area (Å²) in [6, 6.07) is 15.2. The number of nitrogens with one attached hydrogen (secondary N) is 1. The Hall–Kier alpha value is -2.74. The number of anilines is 1. The van der Waals surface area contributed by atoms with E-state index in [2.05, 4.69) is 10.4 Å². The molecular formula is C18H17F2N3O2S. The number of alkyl halides is 2. The third kappa shape index (κ3) is 3.60. The average molecular weight is 377 g/mol. The molecule has 0 saturated heterocycles. The van der Waals surface area contributed by atoms with E-state index in [1.54, 1.807) is 24.0 Å². The van der Waals surface area contributed by atoms with Gasteiger partial charge in [0.15, 0.2) is 0 Å². The second kappa shape index (κ2) is 7.25. The molecule has 0 amide bonds. The number of benzene rings is 2. The highest BCUT2D eigenvalue weighted by Crippen LogP contribution is 2.28. The van der Waals surface area contributed by atoms with Crippen molar-refractivity contribution in [3.8, 4) is 11.3 Å². The van der Waals surface area contributed by atoms with E-state index >= 15 is 0 Å². The molecule has 3 aromatic rings. The Bertz CT molecular complexity index is 1000. The minimum Gasteiger partial charge on any atom is -0.380 e. The molecule has 0 saturated carbocycles. The van der Waals surface area contributed by atoms with Gasteiger partial charge in [0.25, 0.3) is 0 Å². The van der Waals surface area contributed by atoms with Crippen LogP contribution in [0, 0.1) is 0 Å². The number of aryl methyl sites for hydroxylation is 1. The van der Waals surface area contributed by atoms with Crippen LogP contribution in [-0.4, -0.2) is 24.0 Å². The molecule has 0 atom stereocenters. The third-order valence-electron chi connectivity index (χ3n) is 3.85. The van der Waals surface area contributed by atoms with Gasteiger partial charge in [-0.05, 0) is 12.1 Å². The Balaban J connectivity index is 1.90. The molecule has 0 fully saturated rings. The van der Waals surface area contributed by atoms with E-state index < -0.39 is 20.5 Å². The smallest absolute Gasteiger partial charge is 0.341 e. The first kappa shape index (κ1) is 18.1. The van der Waals surface area contributed by atoms with Crippen LogP contribution in [0.4, 0.5) is 14.5 Å². The SMILES string of the molecule is Cn1cc(CNc2ccccc2S(=O)(=O)C(F)F)c(-c2ccccc2)n1. The minimum atomic E-state index is -4.69. The van der Waals surface area contributed by atoms with Crippen molar-refractivity contribution in [2.75, 3.05) is 5.32 Å². The average Bonchev–Trinajstić information content (AvgIpc) is 3.01. The Morgan fingerprint density at radius 3 is 2.42 bits per heavy atom. The van der Waals surface area contributed by atoms with Crippen LogP contribution in [0.2, 0.25) is 0 Å². The van der Waals surface area contributed by atoms with Gasteiger partial charge in [-0.25, -0.2) is 8.42 Å². The summed E-state index contributed by atoms with van der Waals surface area (Å²) in [4.78, 5) is -0.417. The third-order valence-corrected chi connectivity index (χ3v) is 5.29. The van der Waals surface area contributed by atoms with Crippen LogP contribution in [0.15, 0.2) is 65.7 Å². The van der Waals surface area contributed by atoms with Gasteiger partial charge >= 0.3 is 5.76 Å². The molecule has 5 nitrogen and oxygen atoms in total. The molecule has 0 aliphatic carbocycles. The van der Waals surface area contributed by atoms with Crippen molar-refractivity contribution < 1.29 is 17.2 Å². The first-order valence-corrected chi connectivity index (χ1v) is 9.37. The highest BCUT2D eigenvalue weighted by Gasteiger charge is 2.29. The number of hydrogen-bond acceptors (Lipinski definition) is 4. The van der Waals surface area contributed by atoms with Gasteiger partial charge in [0.05, 0.1) is 16.3 Å². The summed E-state index contributed by atoms with van der Waals surface area (Å²) >= 11 is 0. The molecule has 8 heteroatoms. The fourth-order valence-corrected chi connectivity index (χ4v) is 3.56. The molecule has 136 valence electrons. The predicted octanol–water partition coefficient (Wildman–Crippen LogP) is 3.70. The summed E-state index contributed by atoms with van der Waals surface area (Å²) in [5, 5.41) is 7.38. The van der Waals surface area contributed by atoms with Gasteiger partial charge in [-0.15, -0.1) is 0 Å². The lowest BCUT2D eigenvalue weighted by Crippen LogP contribution is -2.14. The van der Waals surface area contributed by atoms with Gasteiger partial charge in [0, 0.05) is 30.9 Å². The van der Waals surface area contributed by atoms with E-state index in [0.717, 1.165) is 16.8 Å². The molecule has 0 spiro atoms. The zero-order valence-corrected chi connectivity index (χ0v) is 14.7. The number of para-hydroxylation sites is 1. The Labute approximate surface area is 150 Å². The molecule has 0 unspecified atom stereocenters. The topological polar surface area (TPSA) is 64.0 Å². The summed E-state index contributed by atoms with van der Waals surface area (Å²) in [5.41, 5.74) is 2.62. The van der Waals surface area contributed by atoms with Gasteiger partial charge in [0.1, 0.15) is 0 Å². The first-order chi connectivity index (χ1) is 12.4. The fraction of sp³-hybridized carbons (Fsp3) is 0.167. The number of sulfone groups is 1. The number of halogens is 2. The maximum atomic E-state index is 12.9. The van der Waals surface area contributed by atoms with Crippen molar-refractivity contribution >= 4 is 15.5 Å². The zero-order valence-electron chi connectivity index (χ0n) is 13.9. The molecule has 0 bridgehead atoms. The van der Waals surface area contributed by atoms with E-state index in [9.17, 15) is 17.2 Å². The molecule has 1 N–H and O–H groups in total. The fourth-order valence-electron chi connectivity index (χ4n) is 2.65. The van der Waals surface area contributed by atoms with Gasteiger partial charge in [-0.1, -0.05) is 42.5 Å². The van der Waals surface area contributed by atoms with Crippen LogP contribution in [0.3, 0.4) is 0 Å². The first-order valence-electron chi connectivity index (χ1n) is 7.82. The largest absolute Gasteiger partial charge is 0.380 e. The second-order valence-corrected chi connectivity index (χ2v) is 7.58. The molecule has 0 aliphatic rings. The summed E-state index contributed by atoms with van der Waals surface area (Å²) in [7, 11) is -2.90. The number of nitrogens with zero attached hydrogens (tertiary/aromatic N) is 2. The normalized spacial score (nSPS) is 11.7. The van der Waals surface area contributed by atoms with Crippen LogP contribution < -0.4 is 5.32 Å². The number of hydrogen-bond donors (Lipinski definition) is 1. The molecule has 26 heavy (non-hydrogen) atoms. The molecule has 0 aliphatic heterocycles. The minimum absolute atomic E-state index is 0.135. The lowest BCUT2D eigenvalue weighted by molar-refractivity contribution is 0.235. The summed E-state index contributed by atoms with van der Waals surface area (Å²) < 4.78 is 51.2. The van der Waals surface area contributed by atoms with Gasteiger partial charge in [-0.3, -0.25) is 4.68 Å². The van der Waals surface area contributed by atoms with Crippen molar-refractivity contribution in [3.63, 3.8) is 0 Å². The molecule has 2 aromatic carbocycles. The van der Waals surface area contributed by atoms with E-state index in [0.29, 0.717) is 0 Å². The van der Waals surface area contributed by atoms with Crippen molar-refractivity contribution in [1.29, 1.82) is 0 Å². The van der Waals surface area contributed by atoms with Crippen LogP contribution in [0.5, 0.6) is 0 Å². The molecule has 1 heterocycles. The van der Waals surface area contributed by atoms with Crippen LogP contribution in [0.25, 0.3) is 11.3 Å². The number of rotatable bonds is 6. The van der Waals surface area contributed by atoms with Gasteiger partial charge in [0.2, 0.25) is 9.84 Å². The van der Waals surface area contributed by atoms with E-state index in [1.165, 1.54) is 18.2 Å². The standard InChI is InChI=1S/C18H17F2N3O2S/c1-23-12-14(17(22-23)13-7-3-2-4-8-13)11-21-15-9-5-6-10-16(15)26(24,25)18(19)20/h2-10,12,18,21H,11H2,1H3. The maximum Gasteiger partial charge on any atom is 0.341 e. The summed E-state index contributed by atoms with van der Waals surface area (Å²) in [6.07, 6.45) is 1.81. The number of aromatic nitrogens is 2. The maximum absolute atomic E-state index is 12.9. The Morgan fingerprint density at radius 1 is 1.08 bits per heavy atom. The van der Waals surface area contributed by atoms with Crippen LogP contribution in [0.1, 0.15) is 5.56 Å². The van der Waals surface area contributed by atoms with Gasteiger partial charge < -0.3 is 5.32 Å². The summed E-state index contributed by atoms with van der Waals surface area (Å²) in [5.74, 6) is -3.47. The van der Waals surface area contributed by atoms with Crippen LogP contribution >= 0.6 is 0 Å². The van der Waals surface area contributed by atoms with E-state index in [1.807, 2.05) is 30.3 Å². The van der Waals surface area contributed by atoms with E-state index in [-0.39, 0.29) is 12.2 Å². The Morgan fingerprint density at radius 2 is 1.73 bits per heavy atom. The van der Waals surface area contributed by atoms with Crippen molar-refractivity contribution in [2.45, 2.75) is 17.2 Å². The van der Waals surface area contributed by atoms with Gasteiger partial charge in [-0.2, -0.15) is 13.9 Å². The van der Waals surface area contributed by atoms with Crippen molar-refractivity contribution in [3.05, 3.63) is 66.4 Å². The predicted molar refractivity (Wildman–Crippen MR) is 95.6 cm³/mol. The molecular weight excluding hydrogens is 360 g/mol. The highest BCUT2D eigenvalue weighted by molar-refractivity contribution is 7.91. The highest BCUT2D eigenvalue weighted by atomic mass is 32.2. The van der Waals surface area contributed by atoms with Crippen LogP contribution in [-0.2, 0) is 23.4 Å². The quantitative estimate of drug-likeness (QED) is 0.712. The molecule has 1 aromatic heterocycles. The zero-order chi connectivity index (χ0) is 18.7. The van der Waals surface area contributed by atoms with E-state index in [4.69, 9.17) is 0 Å². The lowest BCUT2D eigenvalue weighted by Gasteiger charge is -2.12. The summed E-state index contributed by atoms with van der Waals surface area (Å²) in [6.45, 7) is 0.244.